The van der Waals surface area contributed by atoms with Crippen LogP contribution in [0, 0.1) is 6.92 Å². The Morgan fingerprint density at radius 3 is 2.65 bits per heavy atom. The van der Waals surface area contributed by atoms with E-state index in [1.54, 1.807) is 0 Å². The summed E-state index contributed by atoms with van der Waals surface area (Å²) in [6, 6.07) is 0.166. The number of aryl methyl sites for hydroxylation is 3. The van der Waals surface area contributed by atoms with Crippen LogP contribution in [0.1, 0.15) is 41.8 Å². The summed E-state index contributed by atoms with van der Waals surface area (Å²) in [4.78, 5) is 1.16. The zero-order chi connectivity index (χ0) is 14.7. The molecule has 0 aromatic carbocycles. The molecular formula is C13H20ClN5S. The van der Waals surface area contributed by atoms with E-state index < -0.39 is 0 Å². The molecule has 1 atom stereocenters. The topological polar surface area (TPSA) is 55.6 Å². The van der Waals surface area contributed by atoms with Crippen molar-refractivity contribution in [2.75, 3.05) is 7.05 Å². The highest BCUT2D eigenvalue weighted by Crippen LogP contribution is 2.28. The van der Waals surface area contributed by atoms with Crippen molar-refractivity contribution in [3.8, 4) is 0 Å². The molecule has 2 heterocycles. The van der Waals surface area contributed by atoms with E-state index in [2.05, 4.69) is 33.8 Å². The lowest BCUT2D eigenvalue weighted by atomic mass is 10.1. The molecule has 0 aliphatic heterocycles. The van der Waals surface area contributed by atoms with Gasteiger partial charge in [-0.1, -0.05) is 23.0 Å². The summed E-state index contributed by atoms with van der Waals surface area (Å²) >= 11 is 7.91. The van der Waals surface area contributed by atoms with Crippen molar-refractivity contribution < 1.29 is 0 Å². The number of hydrogen-bond acceptors (Lipinski definition) is 5. The first-order valence-corrected chi connectivity index (χ1v) is 7.97. The van der Waals surface area contributed by atoms with E-state index in [0.29, 0.717) is 0 Å². The molecule has 0 saturated carbocycles. The third-order valence-electron chi connectivity index (χ3n) is 3.44. The normalized spacial score (nSPS) is 12.8. The Hall–Kier alpha value is -0.980. The van der Waals surface area contributed by atoms with Crippen molar-refractivity contribution in [3.63, 3.8) is 0 Å². The first-order chi connectivity index (χ1) is 9.62. The number of nitrogens with zero attached hydrogens (tertiary/aromatic N) is 4. The van der Waals surface area contributed by atoms with Gasteiger partial charge in [0.15, 0.2) is 0 Å². The number of aromatic nitrogens is 4. The summed E-state index contributed by atoms with van der Waals surface area (Å²) < 4.78 is 6.01. The van der Waals surface area contributed by atoms with E-state index in [-0.39, 0.29) is 6.04 Å². The first kappa shape index (κ1) is 15.4. The smallest absolute Gasteiger partial charge is 0.0850 e. The third kappa shape index (κ3) is 2.87. The van der Waals surface area contributed by atoms with Crippen LogP contribution in [0.4, 0.5) is 0 Å². The van der Waals surface area contributed by atoms with Gasteiger partial charge in [-0.3, -0.25) is 4.68 Å². The van der Waals surface area contributed by atoms with Gasteiger partial charge < -0.3 is 5.32 Å². The molecule has 2 aromatic rings. The fourth-order valence-corrected chi connectivity index (χ4v) is 3.39. The highest BCUT2D eigenvalue weighted by molar-refractivity contribution is 7.05. The molecule has 0 aliphatic carbocycles. The van der Waals surface area contributed by atoms with Crippen LogP contribution in [0.15, 0.2) is 0 Å². The molecule has 1 unspecified atom stereocenters. The maximum absolute atomic E-state index is 6.47. The molecule has 0 fully saturated rings. The van der Waals surface area contributed by atoms with Gasteiger partial charge in [-0.25, -0.2) is 0 Å². The van der Waals surface area contributed by atoms with Gasteiger partial charge in [-0.15, -0.1) is 5.10 Å². The van der Waals surface area contributed by atoms with Crippen LogP contribution in [0.5, 0.6) is 0 Å². The van der Waals surface area contributed by atoms with Crippen LogP contribution >= 0.6 is 23.1 Å². The summed E-state index contributed by atoms with van der Waals surface area (Å²) in [6.07, 6.45) is 1.64. The van der Waals surface area contributed by atoms with Crippen molar-refractivity contribution in [3.05, 3.63) is 27.0 Å². The first-order valence-electron chi connectivity index (χ1n) is 6.82. The van der Waals surface area contributed by atoms with Gasteiger partial charge in [0.05, 0.1) is 33.0 Å². The molecule has 0 spiro atoms. The molecule has 7 heteroatoms. The number of likely N-dealkylation sites (N-methyl/N-ethyl adjacent to an activating group) is 1. The molecule has 5 nitrogen and oxygen atoms in total. The number of halogens is 1. The molecule has 0 aliphatic rings. The fraction of sp³-hybridized carbons (Fsp3) is 0.615. The van der Waals surface area contributed by atoms with Crippen LogP contribution in [0.3, 0.4) is 0 Å². The summed E-state index contributed by atoms with van der Waals surface area (Å²) in [5.74, 6) is 0. The predicted molar refractivity (Wildman–Crippen MR) is 82.4 cm³/mol. The lowest BCUT2D eigenvalue weighted by molar-refractivity contribution is 0.544. The van der Waals surface area contributed by atoms with Crippen molar-refractivity contribution in [1.82, 2.24) is 24.7 Å². The van der Waals surface area contributed by atoms with Gasteiger partial charge in [0, 0.05) is 13.0 Å². The Labute approximate surface area is 128 Å². The van der Waals surface area contributed by atoms with E-state index in [0.717, 1.165) is 46.4 Å². The molecule has 1 N–H and O–H groups in total. The van der Waals surface area contributed by atoms with Gasteiger partial charge in [-0.05, 0) is 38.8 Å². The average molecular weight is 314 g/mol. The maximum atomic E-state index is 6.47. The van der Waals surface area contributed by atoms with Gasteiger partial charge in [0.1, 0.15) is 0 Å². The molecule has 0 amide bonds. The molecule has 110 valence electrons. The maximum Gasteiger partial charge on any atom is 0.0850 e. The van der Waals surface area contributed by atoms with E-state index >= 15 is 0 Å². The Balaban J connectivity index is 2.32. The quantitative estimate of drug-likeness (QED) is 0.891. The van der Waals surface area contributed by atoms with Gasteiger partial charge >= 0.3 is 0 Å². The molecule has 2 aromatic heterocycles. The fourth-order valence-electron chi connectivity index (χ4n) is 2.29. The van der Waals surface area contributed by atoms with Crippen LogP contribution in [0.2, 0.25) is 5.02 Å². The van der Waals surface area contributed by atoms with Gasteiger partial charge in [0.2, 0.25) is 0 Å². The minimum atomic E-state index is 0.166. The van der Waals surface area contributed by atoms with E-state index in [1.165, 1.54) is 11.5 Å². The van der Waals surface area contributed by atoms with Crippen LogP contribution in [-0.2, 0) is 19.4 Å². The highest BCUT2D eigenvalue weighted by Gasteiger charge is 2.21. The number of nitrogens with one attached hydrogen (secondary N) is 1. The summed E-state index contributed by atoms with van der Waals surface area (Å²) in [6.45, 7) is 6.97. The molecule has 0 saturated heterocycles. The Kier molecular flexibility index (Phi) is 5.12. The number of rotatable bonds is 6. The van der Waals surface area contributed by atoms with Crippen molar-refractivity contribution in [1.29, 1.82) is 0 Å². The lowest BCUT2D eigenvalue weighted by Crippen LogP contribution is -2.20. The zero-order valence-corrected chi connectivity index (χ0v) is 13.8. The third-order valence-corrected chi connectivity index (χ3v) is 4.82. The zero-order valence-electron chi connectivity index (χ0n) is 12.3. The van der Waals surface area contributed by atoms with Gasteiger partial charge in [-0.2, -0.15) is 5.10 Å². The molecule has 2 rings (SSSR count). The second kappa shape index (κ2) is 6.65. The van der Waals surface area contributed by atoms with Crippen LogP contribution < -0.4 is 5.32 Å². The predicted octanol–water partition coefficient (Wildman–Crippen LogP) is 2.78. The standard InChI is InChI=1S/C13H20ClN5S/c1-5-9-12(14)11(19(6-2)17-9)7-10(15-4)13-8(3)16-18-20-13/h10,15H,5-7H2,1-4H3. The molecular weight excluding hydrogens is 294 g/mol. The van der Waals surface area contributed by atoms with Crippen molar-refractivity contribution >= 4 is 23.1 Å². The van der Waals surface area contributed by atoms with E-state index in [1.807, 2.05) is 18.7 Å². The SMILES string of the molecule is CCc1nn(CC)c(CC(NC)c2snnc2C)c1Cl. The second-order valence-corrected chi connectivity index (χ2v) is 5.81. The van der Waals surface area contributed by atoms with Gasteiger partial charge in [0.25, 0.3) is 0 Å². The minimum Gasteiger partial charge on any atom is -0.312 e. The van der Waals surface area contributed by atoms with Crippen LogP contribution in [0.25, 0.3) is 0 Å². The summed E-state index contributed by atoms with van der Waals surface area (Å²) in [7, 11) is 1.95. The Bertz CT molecular complexity index is 577. The summed E-state index contributed by atoms with van der Waals surface area (Å²) in [5, 5.41) is 12.8. The minimum absolute atomic E-state index is 0.166. The number of hydrogen-bond donors (Lipinski definition) is 1. The average Bonchev–Trinajstić information content (AvgIpc) is 3.00. The lowest BCUT2D eigenvalue weighted by Gasteiger charge is -2.15. The van der Waals surface area contributed by atoms with Crippen molar-refractivity contribution in [2.45, 2.75) is 46.2 Å². The second-order valence-electron chi connectivity index (χ2n) is 4.64. The highest BCUT2D eigenvalue weighted by atomic mass is 35.5. The van der Waals surface area contributed by atoms with E-state index in [9.17, 15) is 0 Å². The summed E-state index contributed by atoms with van der Waals surface area (Å²) in [5.41, 5.74) is 3.03. The monoisotopic (exact) mass is 313 g/mol. The molecule has 0 bridgehead atoms. The van der Waals surface area contributed by atoms with E-state index in [4.69, 9.17) is 11.6 Å². The molecule has 20 heavy (non-hydrogen) atoms. The van der Waals surface area contributed by atoms with Crippen LogP contribution in [-0.4, -0.2) is 26.4 Å². The molecule has 0 radical (unpaired) electrons. The van der Waals surface area contributed by atoms with Crippen molar-refractivity contribution in [2.24, 2.45) is 0 Å². The Morgan fingerprint density at radius 2 is 2.15 bits per heavy atom. The Morgan fingerprint density at radius 1 is 1.40 bits per heavy atom. The largest absolute Gasteiger partial charge is 0.312 e.